The molecule has 0 spiro atoms. The highest BCUT2D eigenvalue weighted by atomic mass is 16.6. The van der Waals surface area contributed by atoms with Gasteiger partial charge in [0.15, 0.2) is 0 Å². The van der Waals surface area contributed by atoms with Gasteiger partial charge in [0.1, 0.15) is 0 Å². The summed E-state index contributed by atoms with van der Waals surface area (Å²) >= 11 is 0. The Kier molecular flexibility index (Phi) is 2.37. The molecule has 1 heterocycles. The highest BCUT2D eigenvalue weighted by Gasteiger charge is 2.74. The van der Waals surface area contributed by atoms with Gasteiger partial charge in [0, 0.05) is 0 Å². The van der Waals surface area contributed by atoms with Gasteiger partial charge < -0.3 is 4.74 Å². The SMILES string of the molecule is CC1CC2CC3(C)OC3C3C(C(C)CC4C3C4(C)C)C2C1. The third-order valence-electron chi connectivity index (χ3n) is 8.72. The lowest BCUT2D eigenvalue weighted by Crippen LogP contribution is -2.38. The van der Waals surface area contributed by atoms with Crippen LogP contribution in [0.25, 0.3) is 0 Å². The van der Waals surface area contributed by atoms with Crippen LogP contribution in [0.5, 0.6) is 0 Å². The minimum Gasteiger partial charge on any atom is -0.366 e. The summed E-state index contributed by atoms with van der Waals surface area (Å²) in [5.74, 6) is 7.70. The summed E-state index contributed by atoms with van der Waals surface area (Å²) in [5.41, 5.74) is 0.858. The van der Waals surface area contributed by atoms with Crippen LogP contribution in [0.2, 0.25) is 0 Å². The van der Waals surface area contributed by atoms with Gasteiger partial charge in [-0.1, -0.05) is 27.7 Å². The summed E-state index contributed by atoms with van der Waals surface area (Å²) in [6.07, 6.45) is 6.46. The molecule has 5 rings (SSSR count). The minimum absolute atomic E-state index is 0.257. The molecule has 10 atom stereocenters. The second kappa shape index (κ2) is 3.71. The van der Waals surface area contributed by atoms with Crippen molar-refractivity contribution in [2.45, 2.75) is 72.0 Å². The van der Waals surface area contributed by atoms with E-state index in [-0.39, 0.29) is 5.60 Å². The molecule has 0 radical (unpaired) electrons. The zero-order valence-corrected chi connectivity index (χ0v) is 14.4. The van der Waals surface area contributed by atoms with Gasteiger partial charge in [-0.2, -0.15) is 0 Å². The molecule has 1 saturated heterocycles. The summed E-state index contributed by atoms with van der Waals surface area (Å²) in [4.78, 5) is 0. The molecule has 21 heavy (non-hydrogen) atoms. The second-order valence-electron chi connectivity index (χ2n) is 10.4. The summed E-state index contributed by atoms with van der Waals surface area (Å²) in [7, 11) is 0. The van der Waals surface area contributed by atoms with Crippen LogP contribution in [0.4, 0.5) is 0 Å². The molecular formula is C20H32O. The van der Waals surface area contributed by atoms with Crippen LogP contribution in [-0.4, -0.2) is 11.7 Å². The van der Waals surface area contributed by atoms with Crippen LogP contribution in [-0.2, 0) is 4.74 Å². The van der Waals surface area contributed by atoms with Crippen LogP contribution in [0.15, 0.2) is 0 Å². The van der Waals surface area contributed by atoms with E-state index in [4.69, 9.17) is 4.74 Å². The van der Waals surface area contributed by atoms with E-state index in [1.165, 1.54) is 25.7 Å². The van der Waals surface area contributed by atoms with E-state index >= 15 is 0 Å². The maximum Gasteiger partial charge on any atom is 0.0926 e. The van der Waals surface area contributed by atoms with Crippen molar-refractivity contribution in [3.63, 3.8) is 0 Å². The fraction of sp³-hybridized carbons (Fsp3) is 1.00. The quantitative estimate of drug-likeness (QED) is 0.586. The average molecular weight is 288 g/mol. The largest absolute Gasteiger partial charge is 0.366 e. The topological polar surface area (TPSA) is 12.5 Å². The molecule has 1 aliphatic heterocycles. The van der Waals surface area contributed by atoms with E-state index in [9.17, 15) is 0 Å². The van der Waals surface area contributed by atoms with Crippen LogP contribution in [0.3, 0.4) is 0 Å². The molecule has 10 unspecified atom stereocenters. The Morgan fingerprint density at radius 3 is 2.48 bits per heavy atom. The van der Waals surface area contributed by atoms with E-state index < -0.39 is 0 Å². The molecule has 1 heteroatoms. The molecule has 0 aromatic carbocycles. The van der Waals surface area contributed by atoms with Crippen molar-refractivity contribution in [2.75, 3.05) is 0 Å². The highest BCUT2D eigenvalue weighted by Crippen LogP contribution is 2.75. The van der Waals surface area contributed by atoms with Gasteiger partial charge in [0.25, 0.3) is 0 Å². The Morgan fingerprint density at radius 1 is 0.952 bits per heavy atom. The molecule has 118 valence electrons. The molecule has 0 amide bonds. The molecule has 0 bridgehead atoms. The van der Waals surface area contributed by atoms with Gasteiger partial charge >= 0.3 is 0 Å². The van der Waals surface area contributed by atoms with Crippen LogP contribution in [0.1, 0.15) is 60.3 Å². The normalized spacial score (nSPS) is 66.4. The number of ether oxygens (including phenoxy) is 1. The third kappa shape index (κ3) is 1.57. The molecule has 0 aromatic heterocycles. The monoisotopic (exact) mass is 288 g/mol. The number of hydrogen-bond donors (Lipinski definition) is 0. The maximum atomic E-state index is 6.40. The van der Waals surface area contributed by atoms with Gasteiger partial charge in [-0.15, -0.1) is 0 Å². The first kappa shape index (κ1) is 13.4. The number of epoxide rings is 1. The predicted molar refractivity (Wildman–Crippen MR) is 84.8 cm³/mol. The predicted octanol–water partition coefficient (Wildman–Crippen LogP) is 4.75. The van der Waals surface area contributed by atoms with E-state index in [1.807, 2.05) is 0 Å². The van der Waals surface area contributed by atoms with Crippen LogP contribution in [0, 0.1) is 52.8 Å². The van der Waals surface area contributed by atoms with Crippen molar-refractivity contribution < 1.29 is 4.74 Å². The first-order valence-corrected chi connectivity index (χ1v) is 9.51. The lowest BCUT2D eigenvalue weighted by molar-refractivity contribution is 0.0449. The summed E-state index contributed by atoms with van der Waals surface area (Å²) in [6, 6.07) is 0. The number of rotatable bonds is 0. The van der Waals surface area contributed by atoms with E-state index in [2.05, 4.69) is 34.6 Å². The van der Waals surface area contributed by atoms with Crippen molar-refractivity contribution in [2.24, 2.45) is 52.8 Å². The first-order valence-electron chi connectivity index (χ1n) is 9.51. The molecule has 0 N–H and O–H groups in total. The Bertz CT molecular complexity index is 482. The smallest absolute Gasteiger partial charge is 0.0926 e. The van der Waals surface area contributed by atoms with Crippen molar-refractivity contribution in [1.29, 1.82) is 0 Å². The highest BCUT2D eigenvalue weighted by molar-refractivity contribution is 5.22. The number of fused-ring (bicyclic) bond motifs is 7. The second-order valence-corrected chi connectivity index (χ2v) is 10.4. The first-order chi connectivity index (χ1) is 9.83. The minimum atomic E-state index is 0.257. The van der Waals surface area contributed by atoms with Gasteiger partial charge in [-0.25, -0.2) is 0 Å². The zero-order chi connectivity index (χ0) is 14.7. The fourth-order valence-corrected chi connectivity index (χ4v) is 7.85. The van der Waals surface area contributed by atoms with Gasteiger partial charge in [-0.3, -0.25) is 0 Å². The Hall–Kier alpha value is -0.0400. The fourth-order valence-electron chi connectivity index (χ4n) is 7.85. The molecule has 5 fully saturated rings. The zero-order valence-electron chi connectivity index (χ0n) is 14.4. The third-order valence-corrected chi connectivity index (χ3v) is 8.72. The Labute approximate surface area is 130 Å². The van der Waals surface area contributed by atoms with Crippen LogP contribution >= 0.6 is 0 Å². The van der Waals surface area contributed by atoms with E-state index in [0.29, 0.717) is 11.5 Å². The molecule has 5 aliphatic rings. The summed E-state index contributed by atoms with van der Waals surface area (Å²) in [5, 5.41) is 0. The maximum absolute atomic E-state index is 6.40. The average Bonchev–Trinajstić information content (AvgIpc) is 3.13. The van der Waals surface area contributed by atoms with E-state index in [1.54, 1.807) is 0 Å². The lowest BCUT2D eigenvalue weighted by Gasteiger charge is -2.40. The molecule has 4 aliphatic carbocycles. The lowest BCUT2D eigenvalue weighted by atomic mass is 9.64. The van der Waals surface area contributed by atoms with Crippen LogP contribution < -0.4 is 0 Å². The molecular weight excluding hydrogens is 256 g/mol. The van der Waals surface area contributed by atoms with Crippen molar-refractivity contribution in [3.8, 4) is 0 Å². The van der Waals surface area contributed by atoms with E-state index in [0.717, 1.165) is 47.3 Å². The summed E-state index contributed by atoms with van der Waals surface area (Å²) < 4.78 is 6.40. The Balaban J connectivity index is 1.57. The van der Waals surface area contributed by atoms with Crippen molar-refractivity contribution >= 4 is 0 Å². The van der Waals surface area contributed by atoms with Gasteiger partial charge in [0.2, 0.25) is 0 Å². The molecule has 1 nitrogen and oxygen atoms in total. The van der Waals surface area contributed by atoms with Crippen molar-refractivity contribution in [3.05, 3.63) is 0 Å². The molecule has 4 saturated carbocycles. The van der Waals surface area contributed by atoms with Crippen molar-refractivity contribution in [1.82, 2.24) is 0 Å². The summed E-state index contributed by atoms with van der Waals surface area (Å²) in [6.45, 7) is 12.6. The Morgan fingerprint density at radius 2 is 1.71 bits per heavy atom. The van der Waals surface area contributed by atoms with Gasteiger partial charge in [-0.05, 0) is 85.4 Å². The molecule has 0 aromatic rings. The number of hydrogen-bond acceptors (Lipinski definition) is 1. The van der Waals surface area contributed by atoms with Gasteiger partial charge in [0.05, 0.1) is 11.7 Å². The standard InChI is InChI=1S/C20H32O/c1-10-6-12-9-20(5)18(21-20)16-15(13(12)7-10)11(2)8-14-17(16)19(14,3)4/h10-18H,6-9H2,1-5H3.